The van der Waals surface area contributed by atoms with Crippen LogP contribution in [0.15, 0.2) is 71.6 Å². The Labute approximate surface area is 181 Å². The predicted molar refractivity (Wildman–Crippen MR) is 117 cm³/mol. The third-order valence-electron chi connectivity index (χ3n) is 5.04. The Hall–Kier alpha value is -3.52. The average molecular weight is 439 g/mol. The van der Waals surface area contributed by atoms with Gasteiger partial charge in [0.25, 0.3) is 15.9 Å². The Kier molecular flexibility index (Phi) is 5.56. The monoisotopic (exact) mass is 438 g/mol. The van der Waals surface area contributed by atoms with Crippen molar-refractivity contribution in [1.29, 1.82) is 0 Å². The van der Waals surface area contributed by atoms with E-state index in [0.29, 0.717) is 17.2 Å². The zero-order valence-electron chi connectivity index (χ0n) is 17.2. The molecule has 1 heterocycles. The summed E-state index contributed by atoms with van der Waals surface area (Å²) in [6.07, 6.45) is 0. The minimum atomic E-state index is -3.81. The van der Waals surface area contributed by atoms with Gasteiger partial charge in [-0.3, -0.25) is 9.10 Å². The minimum absolute atomic E-state index is 0.0475. The van der Waals surface area contributed by atoms with E-state index in [4.69, 9.17) is 9.47 Å². The van der Waals surface area contributed by atoms with Crippen LogP contribution in [0.1, 0.15) is 21.5 Å². The number of anilines is 1. The quantitative estimate of drug-likeness (QED) is 0.637. The fourth-order valence-corrected chi connectivity index (χ4v) is 4.43. The third kappa shape index (κ3) is 4.34. The lowest BCUT2D eigenvalue weighted by Crippen LogP contribution is -2.27. The van der Waals surface area contributed by atoms with Crippen molar-refractivity contribution in [2.45, 2.75) is 18.4 Å². The highest BCUT2D eigenvalue weighted by molar-refractivity contribution is 7.92. The lowest BCUT2D eigenvalue weighted by atomic mass is 10.2. The van der Waals surface area contributed by atoms with Gasteiger partial charge in [0.1, 0.15) is 0 Å². The van der Waals surface area contributed by atoms with Gasteiger partial charge in [0.05, 0.1) is 10.6 Å². The summed E-state index contributed by atoms with van der Waals surface area (Å²) >= 11 is 0. The number of carbonyl (C=O) groups is 1. The number of sulfonamides is 1. The van der Waals surface area contributed by atoms with Crippen LogP contribution in [-0.4, -0.2) is 28.2 Å². The summed E-state index contributed by atoms with van der Waals surface area (Å²) in [4.78, 5) is 12.7. The van der Waals surface area contributed by atoms with E-state index >= 15 is 0 Å². The molecule has 1 aliphatic rings. The zero-order valence-corrected chi connectivity index (χ0v) is 18.0. The van der Waals surface area contributed by atoms with Crippen molar-refractivity contribution in [1.82, 2.24) is 5.32 Å². The van der Waals surface area contributed by atoms with Crippen LogP contribution in [0.25, 0.3) is 0 Å². The van der Waals surface area contributed by atoms with Gasteiger partial charge in [0.2, 0.25) is 6.79 Å². The molecule has 4 rings (SSSR count). The highest BCUT2D eigenvalue weighted by Crippen LogP contribution is 2.32. The summed E-state index contributed by atoms with van der Waals surface area (Å²) in [6, 6.07) is 18.6. The first-order valence-electron chi connectivity index (χ1n) is 9.67. The molecule has 0 saturated carbocycles. The number of rotatable bonds is 6. The van der Waals surface area contributed by atoms with Crippen LogP contribution in [0.2, 0.25) is 0 Å². The maximum Gasteiger partial charge on any atom is 0.264 e. The second-order valence-electron chi connectivity index (χ2n) is 7.21. The minimum Gasteiger partial charge on any atom is -0.454 e. The average Bonchev–Trinajstić information content (AvgIpc) is 3.25. The Balaban J connectivity index is 1.49. The molecule has 3 aromatic rings. The standard InChI is InChI=1S/C23H22N2O5S/c1-16-6-9-19(10-7-16)25(2)31(27,28)20-5-3-4-18(13-20)23(26)24-14-17-8-11-21-22(12-17)30-15-29-21/h3-13H,14-15H2,1-2H3,(H,24,26). The van der Waals surface area contributed by atoms with Crippen LogP contribution in [0.5, 0.6) is 11.5 Å². The second-order valence-corrected chi connectivity index (χ2v) is 9.18. The number of ether oxygens (including phenoxy) is 2. The largest absolute Gasteiger partial charge is 0.454 e. The Morgan fingerprint density at radius 2 is 1.74 bits per heavy atom. The van der Waals surface area contributed by atoms with E-state index in [-0.39, 0.29) is 29.7 Å². The SMILES string of the molecule is Cc1ccc(N(C)S(=O)(=O)c2cccc(C(=O)NCc3ccc4c(c3)OCO4)c2)cc1. The molecule has 3 aromatic carbocycles. The van der Waals surface area contributed by atoms with Gasteiger partial charge >= 0.3 is 0 Å². The Morgan fingerprint density at radius 3 is 2.52 bits per heavy atom. The molecule has 0 aliphatic carbocycles. The number of fused-ring (bicyclic) bond motifs is 1. The fraction of sp³-hybridized carbons (Fsp3) is 0.174. The molecule has 1 N–H and O–H groups in total. The van der Waals surface area contributed by atoms with Gasteiger partial charge in [0.15, 0.2) is 11.5 Å². The first kappa shape index (κ1) is 20.7. The molecule has 1 amide bonds. The van der Waals surface area contributed by atoms with Gasteiger partial charge in [-0.2, -0.15) is 0 Å². The molecule has 0 saturated heterocycles. The van der Waals surface area contributed by atoms with Crippen molar-refractivity contribution in [2.24, 2.45) is 0 Å². The predicted octanol–water partition coefficient (Wildman–Crippen LogP) is 3.48. The van der Waals surface area contributed by atoms with Crippen LogP contribution in [0.3, 0.4) is 0 Å². The zero-order chi connectivity index (χ0) is 22.0. The molecule has 0 bridgehead atoms. The van der Waals surface area contributed by atoms with Gasteiger partial charge in [-0.1, -0.05) is 29.8 Å². The molecule has 8 heteroatoms. The number of carbonyl (C=O) groups excluding carboxylic acids is 1. The Bertz CT molecular complexity index is 1220. The number of benzene rings is 3. The summed E-state index contributed by atoms with van der Waals surface area (Å²) < 4.78 is 37.9. The van der Waals surface area contributed by atoms with E-state index in [1.165, 1.54) is 23.5 Å². The van der Waals surface area contributed by atoms with Gasteiger partial charge in [-0.15, -0.1) is 0 Å². The van der Waals surface area contributed by atoms with Crippen molar-refractivity contribution >= 4 is 21.6 Å². The topological polar surface area (TPSA) is 84.9 Å². The van der Waals surface area contributed by atoms with E-state index in [2.05, 4.69) is 5.32 Å². The van der Waals surface area contributed by atoms with Crippen molar-refractivity contribution < 1.29 is 22.7 Å². The third-order valence-corrected chi connectivity index (χ3v) is 6.82. The lowest BCUT2D eigenvalue weighted by Gasteiger charge is -2.20. The molecule has 7 nitrogen and oxygen atoms in total. The first-order valence-corrected chi connectivity index (χ1v) is 11.1. The van der Waals surface area contributed by atoms with Gasteiger partial charge in [0, 0.05) is 19.2 Å². The van der Waals surface area contributed by atoms with E-state index in [0.717, 1.165) is 11.1 Å². The molecule has 0 unspecified atom stereocenters. The van der Waals surface area contributed by atoms with Gasteiger partial charge < -0.3 is 14.8 Å². The molecular formula is C23H22N2O5S. The number of aryl methyl sites for hydroxylation is 1. The van der Waals surface area contributed by atoms with Crippen LogP contribution < -0.4 is 19.1 Å². The van der Waals surface area contributed by atoms with Crippen LogP contribution >= 0.6 is 0 Å². The summed E-state index contributed by atoms with van der Waals surface area (Å²) in [6.45, 7) is 2.39. The molecule has 0 radical (unpaired) electrons. The highest BCUT2D eigenvalue weighted by atomic mass is 32.2. The molecule has 0 spiro atoms. The van der Waals surface area contributed by atoms with Crippen molar-refractivity contribution in [3.05, 3.63) is 83.4 Å². The smallest absolute Gasteiger partial charge is 0.264 e. The van der Waals surface area contributed by atoms with Crippen molar-refractivity contribution in [3.8, 4) is 11.5 Å². The number of nitrogens with zero attached hydrogens (tertiary/aromatic N) is 1. The molecule has 31 heavy (non-hydrogen) atoms. The van der Waals surface area contributed by atoms with Gasteiger partial charge in [-0.05, 0) is 55.0 Å². The fourth-order valence-electron chi connectivity index (χ4n) is 3.18. The summed E-state index contributed by atoms with van der Waals surface area (Å²) in [5.74, 6) is 0.942. The number of hydrogen-bond donors (Lipinski definition) is 1. The van der Waals surface area contributed by atoms with Crippen LogP contribution in [-0.2, 0) is 16.6 Å². The normalized spacial score (nSPS) is 12.5. The highest BCUT2D eigenvalue weighted by Gasteiger charge is 2.22. The van der Waals surface area contributed by atoms with E-state index in [1.54, 1.807) is 36.4 Å². The van der Waals surface area contributed by atoms with Crippen molar-refractivity contribution in [2.75, 3.05) is 18.1 Å². The number of amides is 1. The van der Waals surface area contributed by atoms with E-state index in [9.17, 15) is 13.2 Å². The summed E-state index contributed by atoms with van der Waals surface area (Å²) in [5.41, 5.74) is 2.69. The van der Waals surface area contributed by atoms with E-state index in [1.807, 2.05) is 25.1 Å². The Morgan fingerprint density at radius 1 is 1.00 bits per heavy atom. The molecule has 0 aromatic heterocycles. The molecule has 160 valence electrons. The van der Waals surface area contributed by atoms with Crippen LogP contribution in [0.4, 0.5) is 5.69 Å². The number of hydrogen-bond acceptors (Lipinski definition) is 5. The maximum absolute atomic E-state index is 13.0. The first-order chi connectivity index (χ1) is 14.8. The lowest BCUT2D eigenvalue weighted by molar-refractivity contribution is 0.0950. The molecule has 1 aliphatic heterocycles. The molecule has 0 fully saturated rings. The summed E-state index contributed by atoms with van der Waals surface area (Å²) in [5, 5.41) is 2.81. The van der Waals surface area contributed by atoms with Gasteiger partial charge in [-0.25, -0.2) is 8.42 Å². The second kappa shape index (κ2) is 8.31. The molecular weight excluding hydrogens is 416 g/mol. The maximum atomic E-state index is 13.0. The molecule has 0 atom stereocenters. The summed E-state index contributed by atoms with van der Waals surface area (Å²) in [7, 11) is -2.32. The number of nitrogens with one attached hydrogen (secondary N) is 1. The van der Waals surface area contributed by atoms with Crippen LogP contribution in [0, 0.1) is 6.92 Å². The van der Waals surface area contributed by atoms with E-state index < -0.39 is 10.0 Å². The van der Waals surface area contributed by atoms with Crippen molar-refractivity contribution in [3.63, 3.8) is 0 Å².